The van der Waals surface area contributed by atoms with E-state index in [2.05, 4.69) is 30.4 Å². The van der Waals surface area contributed by atoms with Crippen molar-refractivity contribution in [2.75, 3.05) is 0 Å². The van der Waals surface area contributed by atoms with Crippen LogP contribution in [0.15, 0.2) is 42.5 Å². The van der Waals surface area contributed by atoms with Gasteiger partial charge in [0.2, 0.25) is 0 Å². The lowest BCUT2D eigenvalue weighted by atomic mass is 10.2. The summed E-state index contributed by atoms with van der Waals surface area (Å²) in [5.41, 5.74) is 0. The van der Waals surface area contributed by atoms with E-state index in [0.717, 1.165) is 19.3 Å². The fourth-order valence-electron chi connectivity index (χ4n) is 0.894. The van der Waals surface area contributed by atoms with E-state index in [9.17, 15) is 0 Å². The van der Waals surface area contributed by atoms with Gasteiger partial charge >= 0.3 is 0 Å². The van der Waals surface area contributed by atoms with Gasteiger partial charge in [0.1, 0.15) is 0 Å². The number of allylic oxidation sites excluding steroid dienone is 8. The molecule has 0 saturated carbocycles. The van der Waals surface area contributed by atoms with Crippen molar-refractivity contribution in [2.45, 2.75) is 19.3 Å². The molecular weight excluding hydrogens is 132 g/mol. The zero-order valence-electron chi connectivity index (χ0n) is 6.66. The minimum atomic E-state index is 1.04. The van der Waals surface area contributed by atoms with Crippen molar-refractivity contribution < 1.29 is 0 Å². The van der Waals surface area contributed by atoms with E-state index in [1.807, 2.05) is 18.2 Å². The van der Waals surface area contributed by atoms with Gasteiger partial charge in [-0.15, -0.1) is 0 Å². The van der Waals surface area contributed by atoms with Crippen LogP contribution in [-0.2, 0) is 0 Å². The summed E-state index contributed by atoms with van der Waals surface area (Å²) >= 11 is 0. The molecule has 0 saturated heterocycles. The van der Waals surface area contributed by atoms with Crippen LogP contribution in [-0.4, -0.2) is 0 Å². The lowest BCUT2D eigenvalue weighted by molar-refractivity contribution is 1.04. The molecule has 0 aromatic carbocycles. The van der Waals surface area contributed by atoms with E-state index in [-0.39, 0.29) is 0 Å². The third kappa shape index (κ3) is 4.38. The maximum Gasteiger partial charge on any atom is -0.0166 e. The summed E-state index contributed by atoms with van der Waals surface area (Å²) in [7, 11) is 0. The van der Waals surface area contributed by atoms with Gasteiger partial charge < -0.3 is 0 Å². The van der Waals surface area contributed by atoms with Gasteiger partial charge in [0.25, 0.3) is 0 Å². The van der Waals surface area contributed by atoms with Crippen LogP contribution in [0.25, 0.3) is 0 Å². The van der Waals surface area contributed by atoms with Gasteiger partial charge in [-0.25, -0.2) is 0 Å². The molecular formula is C11H13. The zero-order valence-corrected chi connectivity index (χ0v) is 6.66. The molecule has 0 spiro atoms. The normalized spacial score (nSPS) is 18.2. The average molecular weight is 145 g/mol. The molecule has 0 bridgehead atoms. The predicted octanol–water partition coefficient (Wildman–Crippen LogP) is 3.20. The molecule has 1 aliphatic carbocycles. The molecule has 11 heavy (non-hydrogen) atoms. The summed E-state index contributed by atoms with van der Waals surface area (Å²) in [4.78, 5) is 0. The lowest BCUT2D eigenvalue weighted by Crippen LogP contribution is -1.63. The highest BCUT2D eigenvalue weighted by Crippen LogP contribution is 1.97. The molecule has 57 valence electrons. The van der Waals surface area contributed by atoms with Gasteiger partial charge in [-0.1, -0.05) is 42.5 Å². The Morgan fingerprint density at radius 3 is 2.82 bits per heavy atom. The molecule has 1 radical (unpaired) electrons. The first kappa shape index (κ1) is 8.06. The molecule has 0 heteroatoms. The molecule has 0 nitrogen and oxygen atoms in total. The third-order valence-corrected chi connectivity index (χ3v) is 1.48. The predicted molar refractivity (Wildman–Crippen MR) is 49.1 cm³/mol. The molecule has 0 unspecified atom stereocenters. The second kappa shape index (κ2) is 5.72. The number of rotatable bonds is 0. The first-order valence-corrected chi connectivity index (χ1v) is 4.04. The van der Waals surface area contributed by atoms with Crippen LogP contribution in [0.4, 0.5) is 0 Å². The Morgan fingerprint density at radius 1 is 0.909 bits per heavy atom. The van der Waals surface area contributed by atoms with E-state index >= 15 is 0 Å². The number of hydrogen-bond acceptors (Lipinski definition) is 0. The molecule has 0 amide bonds. The first-order valence-electron chi connectivity index (χ1n) is 4.04. The van der Waals surface area contributed by atoms with Crippen LogP contribution in [0.2, 0.25) is 0 Å². The molecule has 0 aromatic rings. The molecule has 0 aromatic heterocycles. The Balaban J connectivity index is 2.47. The van der Waals surface area contributed by atoms with Crippen LogP contribution in [0, 0.1) is 6.08 Å². The van der Waals surface area contributed by atoms with Crippen molar-refractivity contribution >= 4 is 0 Å². The van der Waals surface area contributed by atoms with Crippen molar-refractivity contribution in [1.82, 2.24) is 0 Å². The summed E-state index contributed by atoms with van der Waals surface area (Å²) < 4.78 is 0. The quantitative estimate of drug-likeness (QED) is 0.459. The summed E-state index contributed by atoms with van der Waals surface area (Å²) in [5, 5.41) is 0. The van der Waals surface area contributed by atoms with Gasteiger partial charge in [0.05, 0.1) is 0 Å². The van der Waals surface area contributed by atoms with Crippen LogP contribution >= 0.6 is 0 Å². The maximum absolute atomic E-state index is 3.06. The van der Waals surface area contributed by atoms with Crippen LogP contribution < -0.4 is 0 Å². The molecule has 0 heterocycles. The molecule has 1 aliphatic rings. The van der Waals surface area contributed by atoms with Gasteiger partial charge in [-0.2, -0.15) is 0 Å². The summed E-state index contributed by atoms with van der Waals surface area (Å²) in [6.07, 6.45) is 21.0. The van der Waals surface area contributed by atoms with Gasteiger partial charge in [-0.05, 0) is 25.3 Å². The molecule has 1 rings (SSSR count). The molecule has 0 atom stereocenters. The van der Waals surface area contributed by atoms with Gasteiger partial charge in [0.15, 0.2) is 0 Å². The van der Waals surface area contributed by atoms with Crippen molar-refractivity contribution in [3.05, 3.63) is 48.6 Å². The summed E-state index contributed by atoms with van der Waals surface area (Å²) in [6, 6.07) is 0. The fourth-order valence-corrected chi connectivity index (χ4v) is 0.894. The largest absolute Gasteiger partial charge is 0.0879 e. The second-order valence-corrected chi connectivity index (χ2v) is 2.45. The van der Waals surface area contributed by atoms with Crippen molar-refractivity contribution in [1.29, 1.82) is 0 Å². The topological polar surface area (TPSA) is 0 Å². The Labute approximate surface area is 68.6 Å². The van der Waals surface area contributed by atoms with Gasteiger partial charge in [-0.3, -0.25) is 0 Å². The average Bonchev–Trinajstić information content (AvgIpc) is 2.08. The highest BCUT2D eigenvalue weighted by molar-refractivity contribution is 5.08. The third-order valence-electron chi connectivity index (χ3n) is 1.48. The lowest BCUT2D eigenvalue weighted by Gasteiger charge is -1.83. The minimum Gasteiger partial charge on any atom is -0.0879 e. The Morgan fingerprint density at radius 2 is 1.82 bits per heavy atom. The van der Waals surface area contributed by atoms with Crippen LogP contribution in [0.5, 0.6) is 0 Å². The highest BCUT2D eigenvalue weighted by atomic mass is 13.8. The minimum absolute atomic E-state index is 1.04. The zero-order chi connectivity index (χ0) is 7.78. The van der Waals surface area contributed by atoms with Crippen LogP contribution in [0.3, 0.4) is 0 Å². The van der Waals surface area contributed by atoms with E-state index in [1.54, 1.807) is 0 Å². The van der Waals surface area contributed by atoms with Gasteiger partial charge in [0, 0.05) is 0 Å². The van der Waals surface area contributed by atoms with Crippen molar-refractivity contribution in [3.8, 4) is 0 Å². The monoisotopic (exact) mass is 145 g/mol. The number of hydrogen-bond donors (Lipinski definition) is 0. The van der Waals surface area contributed by atoms with E-state index < -0.39 is 0 Å². The van der Waals surface area contributed by atoms with Crippen molar-refractivity contribution in [2.24, 2.45) is 0 Å². The second-order valence-electron chi connectivity index (χ2n) is 2.45. The van der Waals surface area contributed by atoms with Crippen LogP contribution in [0.1, 0.15) is 19.3 Å². The Bertz CT molecular complexity index is 192. The molecule has 0 aliphatic heterocycles. The molecule has 0 fully saturated rings. The van der Waals surface area contributed by atoms with E-state index in [4.69, 9.17) is 0 Å². The van der Waals surface area contributed by atoms with Crippen molar-refractivity contribution in [3.63, 3.8) is 0 Å². The Kier molecular flexibility index (Phi) is 4.19. The summed E-state index contributed by atoms with van der Waals surface area (Å²) in [6.45, 7) is 0. The summed E-state index contributed by atoms with van der Waals surface area (Å²) in [5.74, 6) is 0. The first-order chi connectivity index (χ1) is 5.50. The molecule has 0 N–H and O–H groups in total. The highest BCUT2D eigenvalue weighted by Gasteiger charge is 1.76. The standard InChI is InChI=1S/C11H13/c1-2-4-6-8-10-11-9-7-5-3-1/h1-3,6-9H,4,10-11H2. The van der Waals surface area contributed by atoms with E-state index in [1.165, 1.54) is 0 Å². The Hall–Kier alpha value is -1.04. The fraction of sp³-hybridized carbons (Fsp3) is 0.273. The van der Waals surface area contributed by atoms with E-state index in [0.29, 0.717) is 0 Å². The SMILES string of the molecule is [C]1=CC=CCC=CCCC=C1. The maximum atomic E-state index is 3.06. The smallest absolute Gasteiger partial charge is 0.0166 e.